The number of fused-ring (bicyclic) bond motifs is 3. The van der Waals surface area contributed by atoms with Gasteiger partial charge in [-0.25, -0.2) is 0 Å². The molecule has 0 aliphatic heterocycles. The molecule has 224 valence electrons. The van der Waals surface area contributed by atoms with Crippen LogP contribution in [0.2, 0.25) is 0 Å². The Morgan fingerprint density at radius 2 is 0.521 bits per heavy atom. The van der Waals surface area contributed by atoms with Crippen LogP contribution in [0.3, 0.4) is 0 Å². The van der Waals surface area contributed by atoms with E-state index < -0.39 is 0 Å². The van der Waals surface area contributed by atoms with E-state index in [9.17, 15) is 0 Å². The summed E-state index contributed by atoms with van der Waals surface area (Å²) in [7, 11) is 0. The predicted molar refractivity (Wildman–Crippen MR) is 206 cm³/mol. The zero-order valence-electron chi connectivity index (χ0n) is 26.5. The molecule has 0 N–H and O–H groups in total. The molecule has 0 unspecified atom stereocenters. The molecule has 0 amide bonds. The highest BCUT2D eigenvalue weighted by atomic mass is 14.2. The van der Waals surface area contributed by atoms with E-state index in [2.05, 4.69) is 194 Å². The second kappa shape index (κ2) is 11.8. The smallest absolute Gasteiger partial charge is 0.00262 e. The maximum absolute atomic E-state index is 2.38. The molecule has 48 heavy (non-hydrogen) atoms. The fraction of sp³-hybridized carbons (Fsp3) is 0. The summed E-state index contributed by atoms with van der Waals surface area (Å²) in [6, 6.07) is 70.7. The van der Waals surface area contributed by atoms with Crippen molar-refractivity contribution in [1.29, 1.82) is 0 Å². The fourth-order valence-electron chi connectivity index (χ4n) is 7.33. The highest BCUT2D eigenvalue weighted by Gasteiger charge is 2.17. The summed E-state index contributed by atoms with van der Waals surface area (Å²) in [5.41, 5.74) is 12.4. The molecule has 0 saturated carbocycles. The molecule has 0 atom stereocenters. The van der Waals surface area contributed by atoms with Gasteiger partial charge in [0.25, 0.3) is 0 Å². The standard InChI is InChI=1S/C48H32/c1-3-13-33(14-4-1)36-17-11-19-38(29-36)39-27-25-35-26-28-41(32-42(35)31-39)48-45-23-9-7-21-43(45)47(44-22-8-10-24-46(44)48)40-20-12-18-37(30-40)34-15-5-2-6-16-34/h1-32H. The normalized spacial score (nSPS) is 11.3. The molecule has 0 heteroatoms. The third-order valence-corrected chi connectivity index (χ3v) is 9.62. The van der Waals surface area contributed by atoms with Crippen molar-refractivity contribution in [3.05, 3.63) is 194 Å². The van der Waals surface area contributed by atoms with Gasteiger partial charge in [0.05, 0.1) is 0 Å². The van der Waals surface area contributed by atoms with Crippen LogP contribution in [0.15, 0.2) is 194 Å². The second-order valence-corrected chi connectivity index (χ2v) is 12.5. The summed E-state index contributed by atoms with van der Waals surface area (Å²) >= 11 is 0. The number of hydrogen-bond donors (Lipinski definition) is 0. The summed E-state index contributed by atoms with van der Waals surface area (Å²) in [6.07, 6.45) is 0. The van der Waals surface area contributed by atoms with E-state index in [1.54, 1.807) is 0 Å². The Hall–Kier alpha value is -6.24. The molecule has 9 rings (SSSR count). The van der Waals surface area contributed by atoms with E-state index in [4.69, 9.17) is 0 Å². The predicted octanol–water partition coefficient (Wildman–Crippen LogP) is 13.5. The van der Waals surface area contributed by atoms with Crippen LogP contribution >= 0.6 is 0 Å². The zero-order chi connectivity index (χ0) is 31.9. The largest absolute Gasteiger partial charge is 0.0622 e. The Bertz CT molecular complexity index is 2540. The van der Waals surface area contributed by atoms with Crippen molar-refractivity contribution in [3.8, 4) is 55.6 Å². The van der Waals surface area contributed by atoms with Gasteiger partial charge in [-0.3, -0.25) is 0 Å². The summed E-state index contributed by atoms with van der Waals surface area (Å²) in [5.74, 6) is 0. The Labute approximate surface area is 281 Å². The maximum atomic E-state index is 2.38. The first-order chi connectivity index (χ1) is 23.8. The van der Waals surface area contributed by atoms with Crippen molar-refractivity contribution >= 4 is 32.3 Å². The van der Waals surface area contributed by atoms with Crippen molar-refractivity contribution in [3.63, 3.8) is 0 Å². The van der Waals surface area contributed by atoms with Crippen molar-refractivity contribution in [1.82, 2.24) is 0 Å². The monoisotopic (exact) mass is 608 g/mol. The summed E-state index contributed by atoms with van der Waals surface area (Å²) in [5, 5.41) is 7.54. The van der Waals surface area contributed by atoms with Crippen LogP contribution in [-0.4, -0.2) is 0 Å². The van der Waals surface area contributed by atoms with Gasteiger partial charge in [0.1, 0.15) is 0 Å². The molecule has 0 fully saturated rings. The molecular weight excluding hydrogens is 577 g/mol. The Balaban J connectivity index is 1.22. The van der Waals surface area contributed by atoms with Crippen LogP contribution in [0, 0.1) is 0 Å². The van der Waals surface area contributed by atoms with Crippen molar-refractivity contribution in [2.24, 2.45) is 0 Å². The number of benzene rings is 9. The molecule has 0 bridgehead atoms. The Kier molecular flexibility index (Phi) is 6.91. The average Bonchev–Trinajstić information content (AvgIpc) is 3.17. The highest BCUT2D eigenvalue weighted by molar-refractivity contribution is 6.21. The lowest BCUT2D eigenvalue weighted by Crippen LogP contribution is -1.91. The SMILES string of the molecule is c1ccc(-c2cccc(-c3ccc4ccc(-c5c6ccccc6c(-c6cccc(-c7ccccc7)c6)c6ccccc56)cc4c3)c2)cc1. The van der Waals surface area contributed by atoms with Crippen LogP contribution < -0.4 is 0 Å². The van der Waals surface area contributed by atoms with Crippen LogP contribution in [0.5, 0.6) is 0 Å². The molecule has 0 spiro atoms. The summed E-state index contributed by atoms with van der Waals surface area (Å²) in [6.45, 7) is 0. The van der Waals surface area contributed by atoms with Crippen molar-refractivity contribution in [2.75, 3.05) is 0 Å². The topological polar surface area (TPSA) is 0 Å². The molecule has 0 aliphatic rings. The first kappa shape index (κ1) is 28.0. The average molecular weight is 609 g/mol. The van der Waals surface area contributed by atoms with Crippen LogP contribution in [0.4, 0.5) is 0 Å². The van der Waals surface area contributed by atoms with Gasteiger partial charge in [-0.2, -0.15) is 0 Å². The van der Waals surface area contributed by atoms with E-state index in [-0.39, 0.29) is 0 Å². The molecule has 0 radical (unpaired) electrons. The minimum Gasteiger partial charge on any atom is -0.0622 e. The maximum Gasteiger partial charge on any atom is -0.00262 e. The lowest BCUT2D eigenvalue weighted by molar-refractivity contribution is 1.60. The minimum absolute atomic E-state index is 1.22. The lowest BCUT2D eigenvalue weighted by Gasteiger charge is -2.18. The van der Waals surface area contributed by atoms with Crippen molar-refractivity contribution in [2.45, 2.75) is 0 Å². The van der Waals surface area contributed by atoms with Crippen LogP contribution in [-0.2, 0) is 0 Å². The Morgan fingerprint density at radius 3 is 1.04 bits per heavy atom. The van der Waals surface area contributed by atoms with E-state index >= 15 is 0 Å². The minimum atomic E-state index is 1.22. The van der Waals surface area contributed by atoms with Crippen LogP contribution in [0.25, 0.3) is 88.0 Å². The number of hydrogen-bond acceptors (Lipinski definition) is 0. The van der Waals surface area contributed by atoms with Crippen LogP contribution in [0.1, 0.15) is 0 Å². The zero-order valence-corrected chi connectivity index (χ0v) is 26.5. The molecule has 9 aromatic carbocycles. The second-order valence-electron chi connectivity index (χ2n) is 12.5. The molecule has 0 aromatic heterocycles. The first-order valence-electron chi connectivity index (χ1n) is 16.6. The molecule has 0 saturated heterocycles. The molecule has 0 aliphatic carbocycles. The van der Waals surface area contributed by atoms with E-state index in [0.29, 0.717) is 0 Å². The highest BCUT2D eigenvalue weighted by Crippen LogP contribution is 2.44. The molecule has 0 nitrogen and oxygen atoms in total. The fourth-order valence-corrected chi connectivity index (χ4v) is 7.33. The number of rotatable bonds is 5. The van der Waals surface area contributed by atoms with Gasteiger partial charge in [-0.05, 0) is 112 Å². The third kappa shape index (κ3) is 4.96. The van der Waals surface area contributed by atoms with Crippen molar-refractivity contribution < 1.29 is 0 Å². The lowest BCUT2D eigenvalue weighted by atomic mass is 9.85. The van der Waals surface area contributed by atoms with Gasteiger partial charge in [0.2, 0.25) is 0 Å². The Morgan fingerprint density at radius 1 is 0.188 bits per heavy atom. The van der Waals surface area contributed by atoms with E-state index in [0.717, 1.165) is 0 Å². The van der Waals surface area contributed by atoms with Gasteiger partial charge in [-0.1, -0.05) is 170 Å². The summed E-state index contributed by atoms with van der Waals surface area (Å²) in [4.78, 5) is 0. The summed E-state index contributed by atoms with van der Waals surface area (Å²) < 4.78 is 0. The van der Waals surface area contributed by atoms with Gasteiger partial charge < -0.3 is 0 Å². The van der Waals surface area contributed by atoms with Gasteiger partial charge >= 0.3 is 0 Å². The van der Waals surface area contributed by atoms with Gasteiger partial charge in [0.15, 0.2) is 0 Å². The van der Waals surface area contributed by atoms with E-state index in [1.807, 2.05) is 0 Å². The first-order valence-corrected chi connectivity index (χ1v) is 16.6. The molecule has 9 aromatic rings. The molecule has 0 heterocycles. The molecular formula is C48H32. The van der Waals surface area contributed by atoms with Gasteiger partial charge in [-0.15, -0.1) is 0 Å². The van der Waals surface area contributed by atoms with Gasteiger partial charge in [0, 0.05) is 0 Å². The van der Waals surface area contributed by atoms with E-state index in [1.165, 1.54) is 88.0 Å². The third-order valence-electron chi connectivity index (χ3n) is 9.62. The quantitative estimate of drug-likeness (QED) is 0.171.